The molecule has 2 aliphatic heterocycles. The van der Waals surface area contributed by atoms with E-state index in [1.165, 1.54) is 25.7 Å². The number of hydrogen-bond acceptors (Lipinski definition) is 6. The molecule has 0 spiro atoms. The van der Waals surface area contributed by atoms with Gasteiger partial charge in [0.25, 0.3) is 0 Å². The number of carbonyl (C=O) groups is 1. The minimum atomic E-state index is -0.0707. The highest BCUT2D eigenvalue weighted by Gasteiger charge is 2.28. The molecule has 2 aliphatic rings. The van der Waals surface area contributed by atoms with Crippen LogP contribution in [0.3, 0.4) is 0 Å². The highest BCUT2D eigenvalue weighted by molar-refractivity contribution is 5.77. The fraction of sp³-hybridized carbons (Fsp3) is 0.542. The Hall–Kier alpha value is -2.51. The molecule has 2 N–H and O–H groups in total. The molecule has 1 aromatic carbocycles. The Labute approximate surface area is 184 Å². The van der Waals surface area contributed by atoms with Crippen LogP contribution < -0.4 is 10.6 Å². The highest BCUT2D eigenvalue weighted by atomic mass is 16.5. The number of nitrogens with two attached hydrogens (primary N) is 1. The molecule has 1 aromatic heterocycles. The van der Waals surface area contributed by atoms with E-state index in [4.69, 9.17) is 10.5 Å². The molecule has 0 bridgehead atoms. The number of rotatable bonds is 6. The van der Waals surface area contributed by atoms with Crippen LogP contribution in [0, 0.1) is 11.8 Å². The summed E-state index contributed by atoms with van der Waals surface area (Å²) in [5.74, 6) is 2.38. The molecule has 0 saturated carbocycles. The number of carbonyl (C=O) groups excluding carboxylic acids is 1. The number of nitrogens with zero attached hydrogens (tertiary/aromatic N) is 4. The Morgan fingerprint density at radius 3 is 2.45 bits per heavy atom. The van der Waals surface area contributed by atoms with E-state index >= 15 is 0 Å². The fourth-order valence-corrected chi connectivity index (χ4v) is 4.76. The lowest BCUT2D eigenvalue weighted by Crippen LogP contribution is -2.38. The normalized spacial score (nSPS) is 18.2. The van der Waals surface area contributed by atoms with Gasteiger partial charge < -0.3 is 20.3 Å². The maximum absolute atomic E-state index is 11.7. The van der Waals surface area contributed by atoms with E-state index in [0.29, 0.717) is 6.54 Å². The van der Waals surface area contributed by atoms with Crippen molar-refractivity contribution in [3.63, 3.8) is 0 Å². The first-order chi connectivity index (χ1) is 15.1. The molecule has 166 valence electrons. The van der Waals surface area contributed by atoms with E-state index in [9.17, 15) is 4.79 Å². The molecule has 0 atom stereocenters. The lowest BCUT2D eigenvalue weighted by molar-refractivity contribution is -0.128. The monoisotopic (exact) mass is 423 g/mol. The smallest absolute Gasteiger partial charge is 0.236 e. The zero-order chi connectivity index (χ0) is 21.6. The fourth-order valence-electron chi connectivity index (χ4n) is 4.76. The number of benzene rings is 1. The van der Waals surface area contributed by atoms with Gasteiger partial charge in [-0.15, -0.1) is 0 Å². The van der Waals surface area contributed by atoms with Crippen molar-refractivity contribution < 1.29 is 9.53 Å². The summed E-state index contributed by atoms with van der Waals surface area (Å²) in [6.07, 6.45) is 8.66. The second-order valence-corrected chi connectivity index (χ2v) is 8.70. The molecule has 2 aromatic rings. The molecule has 2 saturated heterocycles. The summed E-state index contributed by atoms with van der Waals surface area (Å²) >= 11 is 0. The minimum absolute atomic E-state index is 0.0256. The molecule has 0 aliphatic carbocycles. The first-order valence-electron chi connectivity index (χ1n) is 11.3. The van der Waals surface area contributed by atoms with E-state index in [2.05, 4.69) is 20.9 Å². The van der Waals surface area contributed by atoms with Gasteiger partial charge in [0.05, 0.1) is 6.54 Å². The maximum atomic E-state index is 11.7. The van der Waals surface area contributed by atoms with Crippen molar-refractivity contribution in [3.05, 3.63) is 42.2 Å². The third-order valence-corrected chi connectivity index (χ3v) is 6.67. The van der Waals surface area contributed by atoms with Crippen molar-refractivity contribution in [2.45, 2.75) is 32.2 Å². The number of anilines is 1. The first kappa shape index (κ1) is 21.7. The Morgan fingerprint density at radius 2 is 1.77 bits per heavy atom. The molecule has 4 rings (SSSR count). The highest BCUT2D eigenvalue weighted by Crippen LogP contribution is 2.32. The Bertz CT molecular complexity index is 859. The van der Waals surface area contributed by atoms with Crippen molar-refractivity contribution in [1.29, 1.82) is 0 Å². The lowest BCUT2D eigenvalue weighted by Gasteiger charge is -2.37. The summed E-state index contributed by atoms with van der Waals surface area (Å²) in [6, 6.07) is 8.14. The molecule has 7 heteroatoms. The van der Waals surface area contributed by atoms with E-state index in [1.54, 1.807) is 11.9 Å². The number of aromatic nitrogens is 2. The van der Waals surface area contributed by atoms with Gasteiger partial charge >= 0.3 is 0 Å². The van der Waals surface area contributed by atoms with Gasteiger partial charge in [0.2, 0.25) is 11.9 Å². The molecular formula is C24H33N5O2. The summed E-state index contributed by atoms with van der Waals surface area (Å²) in [6.45, 7) is 4.46. The van der Waals surface area contributed by atoms with Gasteiger partial charge in [-0.05, 0) is 54.7 Å². The molecule has 3 heterocycles. The molecule has 2 fully saturated rings. The van der Waals surface area contributed by atoms with Crippen LogP contribution in [0.25, 0.3) is 11.1 Å². The van der Waals surface area contributed by atoms with Crippen LogP contribution in [-0.4, -0.2) is 60.7 Å². The number of likely N-dealkylation sites (N-methyl/N-ethyl adjacent to an activating group) is 1. The van der Waals surface area contributed by atoms with Gasteiger partial charge in [0.15, 0.2) is 0 Å². The van der Waals surface area contributed by atoms with Gasteiger partial charge in [-0.3, -0.25) is 4.79 Å². The summed E-state index contributed by atoms with van der Waals surface area (Å²) in [7, 11) is 1.77. The van der Waals surface area contributed by atoms with Crippen molar-refractivity contribution in [3.8, 4) is 11.1 Å². The maximum Gasteiger partial charge on any atom is 0.236 e. The third-order valence-electron chi connectivity index (χ3n) is 6.67. The van der Waals surface area contributed by atoms with E-state index in [0.717, 1.165) is 60.8 Å². The van der Waals surface area contributed by atoms with Crippen LogP contribution in [0.2, 0.25) is 0 Å². The average Bonchev–Trinajstić information content (AvgIpc) is 2.84. The van der Waals surface area contributed by atoms with Crippen LogP contribution >= 0.6 is 0 Å². The van der Waals surface area contributed by atoms with Gasteiger partial charge in [0, 0.05) is 57.9 Å². The van der Waals surface area contributed by atoms with E-state index in [-0.39, 0.29) is 12.5 Å². The molecular weight excluding hydrogens is 390 g/mol. The molecule has 7 nitrogen and oxygen atoms in total. The number of piperidine rings is 1. The second-order valence-electron chi connectivity index (χ2n) is 8.70. The molecule has 0 radical (unpaired) electrons. The summed E-state index contributed by atoms with van der Waals surface area (Å²) < 4.78 is 5.52. The number of ether oxygens (including phenoxy) is 1. The summed E-state index contributed by atoms with van der Waals surface area (Å²) in [5, 5.41) is 0. The average molecular weight is 424 g/mol. The predicted octanol–water partition coefficient (Wildman–Crippen LogP) is 2.70. The summed E-state index contributed by atoms with van der Waals surface area (Å²) in [5.41, 5.74) is 8.54. The van der Waals surface area contributed by atoms with Gasteiger partial charge in [-0.25, -0.2) is 9.97 Å². The van der Waals surface area contributed by atoms with Gasteiger partial charge in [0.1, 0.15) is 0 Å². The minimum Gasteiger partial charge on any atom is -0.381 e. The topological polar surface area (TPSA) is 84.6 Å². The lowest BCUT2D eigenvalue weighted by atomic mass is 9.80. The molecule has 31 heavy (non-hydrogen) atoms. The van der Waals surface area contributed by atoms with Crippen molar-refractivity contribution >= 4 is 11.9 Å². The standard InChI is InChI=1S/C24H33N5O2/c1-28(23(30)14-25)17-18-3-2-4-21(13-18)22-15-26-24(27-16-22)29-9-5-19(6-10-29)20-7-11-31-12-8-20/h2-4,13,15-16,19-20H,5-12,14,17,25H2,1H3. The Morgan fingerprint density at radius 1 is 1.10 bits per heavy atom. The number of amides is 1. The Balaban J connectivity index is 1.36. The zero-order valence-corrected chi connectivity index (χ0v) is 18.4. The van der Waals surface area contributed by atoms with Crippen LogP contribution in [0.5, 0.6) is 0 Å². The van der Waals surface area contributed by atoms with Crippen LogP contribution in [0.1, 0.15) is 31.2 Å². The quantitative estimate of drug-likeness (QED) is 0.769. The van der Waals surface area contributed by atoms with Crippen LogP contribution in [-0.2, 0) is 16.1 Å². The summed E-state index contributed by atoms with van der Waals surface area (Å²) in [4.78, 5) is 25.0. The molecule has 0 unspecified atom stereocenters. The van der Waals surface area contributed by atoms with Gasteiger partial charge in [-0.2, -0.15) is 0 Å². The second kappa shape index (κ2) is 10.2. The SMILES string of the molecule is CN(Cc1cccc(-c2cnc(N3CCC(C4CCOCC4)CC3)nc2)c1)C(=O)CN. The van der Waals surface area contributed by atoms with Crippen molar-refractivity contribution in [2.75, 3.05) is 44.8 Å². The van der Waals surface area contributed by atoms with Crippen molar-refractivity contribution in [2.24, 2.45) is 17.6 Å². The predicted molar refractivity (Wildman–Crippen MR) is 121 cm³/mol. The molecule has 1 amide bonds. The van der Waals surface area contributed by atoms with E-state index in [1.807, 2.05) is 30.6 Å². The van der Waals surface area contributed by atoms with E-state index < -0.39 is 0 Å². The van der Waals surface area contributed by atoms with Gasteiger partial charge in [-0.1, -0.05) is 18.2 Å². The first-order valence-corrected chi connectivity index (χ1v) is 11.3. The van der Waals surface area contributed by atoms with Crippen LogP contribution in [0.4, 0.5) is 5.95 Å². The Kier molecular flexibility index (Phi) is 7.14. The largest absolute Gasteiger partial charge is 0.381 e. The van der Waals surface area contributed by atoms with Crippen LogP contribution in [0.15, 0.2) is 36.7 Å². The number of hydrogen-bond donors (Lipinski definition) is 1. The zero-order valence-electron chi connectivity index (χ0n) is 18.4. The van der Waals surface area contributed by atoms with Crippen molar-refractivity contribution in [1.82, 2.24) is 14.9 Å². The third kappa shape index (κ3) is 5.40.